The molecular weight excluding hydrogens is 414 g/mol. The summed E-state index contributed by atoms with van der Waals surface area (Å²) in [5.41, 5.74) is 3.09. The summed E-state index contributed by atoms with van der Waals surface area (Å²) in [7, 11) is 1.65. The third kappa shape index (κ3) is 4.72. The molecule has 0 spiro atoms. The summed E-state index contributed by atoms with van der Waals surface area (Å²) in [5, 5.41) is 4.37. The lowest BCUT2D eigenvalue weighted by molar-refractivity contribution is 0.413. The quantitative estimate of drug-likeness (QED) is 0.404. The number of nitrogens with zero attached hydrogens (tertiary/aromatic N) is 5. The molecule has 5 rings (SSSR count). The van der Waals surface area contributed by atoms with E-state index in [1.807, 2.05) is 48.8 Å². The minimum Gasteiger partial charge on any atom is -0.497 e. The molecule has 1 unspecified atom stereocenters. The average Bonchev–Trinajstić information content (AvgIpc) is 3.38. The predicted molar refractivity (Wildman–Crippen MR) is 126 cm³/mol. The molecule has 4 heterocycles. The van der Waals surface area contributed by atoms with Crippen molar-refractivity contribution in [2.75, 3.05) is 25.1 Å². The maximum Gasteiger partial charge on any atom is 0.257 e. The van der Waals surface area contributed by atoms with Gasteiger partial charge in [-0.1, -0.05) is 17.3 Å². The number of aromatic nitrogens is 4. The van der Waals surface area contributed by atoms with Crippen molar-refractivity contribution < 1.29 is 9.26 Å². The van der Waals surface area contributed by atoms with Crippen LogP contribution in [0.3, 0.4) is 0 Å². The zero-order chi connectivity index (χ0) is 22.5. The van der Waals surface area contributed by atoms with Gasteiger partial charge in [0.1, 0.15) is 11.6 Å². The first-order valence-electron chi connectivity index (χ1n) is 11.4. The van der Waals surface area contributed by atoms with Gasteiger partial charge < -0.3 is 14.2 Å². The molecule has 7 heteroatoms. The fourth-order valence-electron chi connectivity index (χ4n) is 4.37. The fraction of sp³-hybridized carbons (Fsp3) is 0.308. The van der Waals surface area contributed by atoms with Crippen molar-refractivity contribution >= 4 is 5.82 Å². The van der Waals surface area contributed by atoms with Crippen LogP contribution < -0.4 is 9.64 Å². The predicted octanol–water partition coefficient (Wildman–Crippen LogP) is 4.90. The summed E-state index contributed by atoms with van der Waals surface area (Å²) in [6.45, 7) is 2.09. The minimum atomic E-state index is -0.0952. The zero-order valence-electron chi connectivity index (χ0n) is 18.7. The number of anilines is 1. The van der Waals surface area contributed by atoms with Gasteiger partial charge in [0.25, 0.3) is 5.89 Å². The van der Waals surface area contributed by atoms with Gasteiger partial charge in [0.2, 0.25) is 0 Å². The Bertz CT molecular complexity index is 1170. The number of piperidine rings is 1. The first kappa shape index (κ1) is 21.1. The first-order valence-corrected chi connectivity index (χ1v) is 11.4. The lowest BCUT2D eigenvalue weighted by Crippen LogP contribution is -2.31. The Morgan fingerprint density at radius 2 is 1.82 bits per heavy atom. The van der Waals surface area contributed by atoms with Crippen molar-refractivity contribution in [2.24, 2.45) is 0 Å². The Kier molecular flexibility index (Phi) is 6.28. The molecule has 1 fully saturated rings. The minimum absolute atomic E-state index is 0.0952. The molecule has 0 aliphatic carbocycles. The van der Waals surface area contributed by atoms with Crippen molar-refractivity contribution in [3.05, 3.63) is 84.1 Å². The Labute approximate surface area is 193 Å². The largest absolute Gasteiger partial charge is 0.497 e. The van der Waals surface area contributed by atoms with Gasteiger partial charge in [0.15, 0.2) is 5.82 Å². The highest BCUT2D eigenvalue weighted by Gasteiger charge is 2.25. The second-order valence-corrected chi connectivity index (χ2v) is 8.26. The van der Waals surface area contributed by atoms with Crippen molar-refractivity contribution in [1.82, 2.24) is 20.1 Å². The normalized spacial score (nSPS) is 14.8. The summed E-state index contributed by atoms with van der Waals surface area (Å²) in [6, 6.07) is 15.8. The van der Waals surface area contributed by atoms with Gasteiger partial charge in [-0.3, -0.25) is 4.98 Å². The van der Waals surface area contributed by atoms with Crippen LogP contribution in [0.25, 0.3) is 11.5 Å². The molecule has 1 aliphatic heterocycles. The number of methoxy groups -OCH3 is 1. The highest BCUT2D eigenvalue weighted by Crippen LogP contribution is 2.32. The van der Waals surface area contributed by atoms with E-state index in [2.05, 4.69) is 27.2 Å². The van der Waals surface area contributed by atoms with Gasteiger partial charge in [-0.2, -0.15) is 4.98 Å². The molecule has 0 N–H and O–H groups in total. The zero-order valence-corrected chi connectivity index (χ0v) is 18.7. The Hall–Kier alpha value is -3.74. The summed E-state index contributed by atoms with van der Waals surface area (Å²) in [6.07, 6.45) is 9.95. The van der Waals surface area contributed by atoms with E-state index in [0.717, 1.165) is 35.8 Å². The molecule has 4 aromatic rings. The van der Waals surface area contributed by atoms with Gasteiger partial charge in [-0.25, -0.2) is 4.98 Å². The molecule has 1 aromatic carbocycles. The lowest BCUT2D eigenvalue weighted by Gasteiger charge is -2.30. The molecule has 1 saturated heterocycles. The summed E-state index contributed by atoms with van der Waals surface area (Å²) >= 11 is 0. The van der Waals surface area contributed by atoms with Gasteiger partial charge in [-0.15, -0.1) is 0 Å². The fourth-order valence-corrected chi connectivity index (χ4v) is 4.37. The van der Waals surface area contributed by atoms with Crippen LogP contribution in [-0.2, 0) is 6.42 Å². The molecule has 1 aliphatic rings. The SMILES string of the molecule is COc1ccc(-c2nc(C(Cc3cccnc3N3CCCCC3)c3cccnc3)no2)cc1. The Morgan fingerprint density at radius 3 is 2.58 bits per heavy atom. The Balaban J connectivity index is 1.48. The van der Waals surface area contributed by atoms with E-state index in [9.17, 15) is 0 Å². The molecule has 0 bridgehead atoms. The first-order chi connectivity index (χ1) is 16.3. The third-order valence-electron chi connectivity index (χ3n) is 6.12. The second kappa shape index (κ2) is 9.81. The van der Waals surface area contributed by atoms with Crippen molar-refractivity contribution in [2.45, 2.75) is 31.6 Å². The summed E-state index contributed by atoms with van der Waals surface area (Å²) < 4.78 is 10.9. The van der Waals surface area contributed by atoms with Gasteiger partial charge >= 0.3 is 0 Å². The highest BCUT2D eigenvalue weighted by molar-refractivity contribution is 5.54. The molecule has 7 nitrogen and oxygen atoms in total. The molecule has 0 amide bonds. The summed E-state index contributed by atoms with van der Waals surface area (Å²) in [5.74, 6) is 2.88. The van der Waals surface area contributed by atoms with E-state index in [1.54, 1.807) is 13.3 Å². The van der Waals surface area contributed by atoms with Crippen LogP contribution in [0.2, 0.25) is 0 Å². The highest BCUT2D eigenvalue weighted by atomic mass is 16.5. The molecule has 33 heavy (non-hydrogen) atoms. The summed E-state index contributed by atoms with van der Waals surface area (Å²) in [4.78, 5) is 16.3. The van der Waals surface area contributed by atoms with E-state index < -0.39 is 0 Å². The van der Waals surface area contributed by atoms with Crippen molar-refractivity contribution in [3.63, 3.8) is 0 Å². The second-order valence-electron chi connectivity index (χ2n) is 8.26. The van der Waals surface area contributed by atoms with Crippen molar-refractivity contribution in [3.8, 4) is 17.2 Å². The maximum atomic E-state index is 5.66. The molecular formula is C26H27N5O2. The van der Waals surface area contributed by atoms with Crippen LogP contribution in [0.15, 0.2) is 71.6 Å². The number of hydrogen-bond acceptors (Lipinski definition) is 7. The number of pyridine rings is 2. The number of hydrogen-bond donors (Lipinski definition) is 0. The van der Waals surface area contributed by atoms with E-state index >= 15 is 0 Å². The Morgan fingerprint density at radius 1 is 1.00 bits per heavy atom. The molecule has 0 saturated carbocycles. The van der Waals surface area contributed by atoms with E-state index in [4.69, 9.17) is 19.2 Å². The van der Waals surface area contributed by atoms with E-state index in [-0.39, 0.29) is 5.92 Å². The monoisotopic (exact) mass is 441 g/mol. The standard InChI is InChI=1S/C26H27N5O2/c1-32-22-11-9-19(10-12-22)26-29-24(30-33-26)23(21-8-5-13-27-18-21)17-20-7-6-14-28-25(20)31-15-3-2-4-16-31/h5-14,18,23H,2-4,15-17H2,1H3. The number of benzene rings is 1. The lowest BCUT2D eigenvalue weighted by atomic mass is 9.92. The molecule has 1 atom stereocenters. The average molecular weight is 442 g/mol. The van der Waals surface area contributed by atoms with Crippen LogP contribution in [0.1, 0.15) is 42.1 Å². The number of ether oxygens (including phenoxy) is 1. The van der Waals surface area contributed by atoms with Crippen molar-refractivity contribution in [1.29, 1.82) is 0 Å². The van der Waals surface area contributed by atoms with Crippen LogP contribution in [-0.4, -0.2) is 40.3 Å². The molecule has 168 valence electrons. The molecule has 0 radical (unpaired) electrons. The third-order valence-corrected chi connectivity index (χ3v) is 6.12. The van der Waals surface area contributed by atoms with Gasteiger partial charge in [0, 0.05) is 37.2 Å². The molecule has 3 aromatic heterocycles. The topological polar surface area (TPSA) is 77.2 Å². The van der Waals surface area contributed by atoms with E-state index in [0.29, 0.717) is 18.1 Å². The number of rotatable bonds is 7. The van der Waals surface area contributed by atoms with E-state index in [1.165, 1.54) is 24.8 Å². The maximum absolute atomic E-state index is 5.66. The van der Waals surface area contributed by atoms with Gasteiger partial charge in [-0.05, 0) is 73.2 Å². The van der Waals surface area contributed by atoms with Crippen LogP contribution >= 0.6 is 0 Å². The smallest absolute Gasteiger partial charge is 0.257 e. The van der Waals surface area contributed by atoms with Crippen LogP contribution in [0.4, 0.5) is 5.82 Å². The van der Waals surface area contributed by atoms with Crippen LogP contribution in [0, 0.1) is 0 Å². The van der Waals surface area contributed by atoms with Gasteiger partial charge in [0.05, 0.1) is 13.0 Å². The van der Waals surface area contributed by atoms with Crippen LogP contribution in [0.5, 0.6) is 5.75 Å².